The minimum atomic E-state index is -0.0817. The third-order valence-electron chi connectivity index (χ3n) is 3.36. The summed E-state index contributed by atoms with van der Waals surface area (Å²) in [7, 11) is 0. The Hall–Kier alpha value is -1.49. The van der Waals surface area contributed by atoms with E-state index in [-0.39, 0.29) is 17.9 Å². The average Bonchev–Trinajstić information content (AvgIpc) is 2.98. The summed E-state index contributed by atoms with van der Waals surface area (Å²) in [6, 6.07) is 7.55. The van der Waals surface area contributed by atoms with Crippen LogP contribution in [0.1, 0.15) is 37.0 Å². The lowest BCUT2D eigenvalue weighted by Crippen LogP contribution is -2.31. The van der Waals surface area contributed by atoms with Crippen LogP contribution >= 0.6 is 11.8 Å². The molecule has 0 atom stereocenters. The summed E-state index contributed by atoms with van der Waals surface area (Å²) in [6.45, 7) is 5.61. The van der Waals surface area contributed by atoms with Crippen molar-refractivity contribution in [2.45, 2.75) is 37.6 Å². The maximum absolute atomic E-state index is 12.2. The standard InChI is InChI=1S/C16H22N2O2S/c1-12(2)17-16(20)13-7-3-4-8-14(13)21-11-15(19)18-9-5-6-10-18/h3-4,7-8,12H,5-6,9-11H2,1-2H3,(H,17,20). The number of amides is 2. The second-order valence-electron chi connectivity index (χ2n) is 5.50. The van der Waals surface area contributed by atoms with Crippen molar-refractivity contribution >= 4 is 23.6 Å². The minimum Gasteiger partial charge on any atom is -0.350 e. The van der Waals surface area contributed by atoms with Gasteiger partial charge in [-0.25, -0.2) is 0 Å². The van der Waals surface area contributed by atoms with Crippen molar-refractivity contribution in [2.24, 2.45) is 0 Å². The van der Waals surface area contributed by atoms with Gasteiger partial charge in [0.15, 0.2) is 0 Å². The lowest BCUT2D eigenvalue weighted by Gasteiger charge is -2.16. The number of carbonyl (C=O) groups excluding carboxylic acids is 2. The molecule has 1 saturated heterocycles. The highest BCUT2D eigenvalue weighted by atomic mass is 32.2. The molecule has 1 aromatic carbocycles. The van der Waals surface area contributed by atoms with Crippen molar-refractivity contribution < 1.29 is 9.59 Å². The molecule has 114 valence electrons. The molecule has 1 aromatic rings. The predicted octanol–water partition coefficient (Wildman–Crippen LogP) is 2.54. The van der Waals surface area contributed by atoms with Crippen LogP contribution in [-0.4, -0.2) is 41.6 Å². The van der Waals surface area contributed by atoms with Crippen LogP contribution in [0.15, 0.2) is 29.2 Å². The van der Waals surface area contributed by atoms with Gasteiger partial charge in [-0.3, -0.25) is 9.59 Å². The highest BCUT2D eigenvalue weighted by Gasteiger charge is 2.19. The Labute approximate surface area is 130 Å². The summed E-state index contributed by atoms with van der Waals surface area (Å²) in [5.74, 6) is 0.477. The van der Waals surface area contributed by atoms with Crippen LogP contribution < -0.4 is 5.32 Å². The molecule has 21 heavy (non-hydrogen) atoms. The highest BCUT2D eigenvalue weighted by Crippen LogP contribution is 2.23. The van der Waals surface area contributed by atoms with Crippen LogP contribution in [0.3, 0.4) is 0 Å². The highest BCUT2D eigenvalue weighted by molar-refractivity contribution is 8.00. The van der Waals surface area contributed by atoms with Crippen LogP contribution in [0.5, 0.6) is 0 Å². The van der Waals surface area contributed by atoms with E-state index in [1.807, 2.05) is 36.9 Å². The molecule has 1 fully saturated rings. The van der Waals surface area contributed by atoms with Crippen LogP contribution in [-0.2, 0) is 4.79 Å². The van der Waals surface area contributed by atoms with Crippen molar-refractivity contribution in [3.8, 4) is 0 Å². The Morgan fingerprint density at radius 3 is 2.57 bits per heavy atom. The first kappa shape index (κ1) is 15.9. The van der Waals surface area contributed by atoms with E-state index < -0.39 is 0 Å². The van der Waals surface area contributed by atoms with E-state index in [4.69, 9.17) is 0 Å². The zero-order chi connectivity index (χ0) is 15.2. The fourth-order valence-corrected chi connectivity index (χ4v) is 3.27. The van der Waals surface area contributed by atoms with Gasteiger partial charge in [0, 0.05) is 24.0 Å². The normalized spacial score (nSPS) is 14.5. The van der Waals surface area contributed by atoms with Crippen molar-refractivity contribution in [2.75, 3.05) is 18.8 Å². The molecule has 1 aliphatic rings. The summed E-state index contributed by atoms with van der Waals surface area (Å²) < 4.78 is 0. The molecular weight excluding hydrogens is 284 g/mol. The van der Waals surface area contributed by atoms with Gasteiger partial charge in [-0.15, -0.1) is 11.8 Å². The van der Waals surface area contributed by atoms with Gasteiger partial charge in [-0.1, -0.05) is 12.1 Å². The molecule has 1 aliphatic heterocycles. The first-order valence-electron chi connectivity index (χ1n) is 7.38. The Bertz CT molecular complexity index is 511. The summed E-state index contributed by atoms with van der Waals surface area (Å²) in [4.78, 5) is 27.0. The monoisotopic (exact) mass is 306 g/mol. The van der Waals surface area contributed by atoms with Crippen LogP contribution in [0.4, 0.5) is 0 Å². The molecular formula is C16H22N2O2S. The number of carbonyl (C=O) groups is 2. The number of hydrogen-bond acceptors (Lipinski definition) is 3. The van der Waals surface area contributed by atoms with Crippen LogP contribution in [0, 0.1) is 0 Å². The van der Waals surface area contributed by atoms with Gasteiger partial charge < -0.3 is 10.2 Å². The summed E-state index contributed by atoms with van der Waals surface area (Å²) in [5.41, 5.74) is 0.644. The van der Waals surface area contributed by atoms with Gasteiger partial charge in [0.25, 0.3) is 5.91 Å². The maximum Gasteiger partial charge on any atom is 0.252 e. The van der Waals surface area contributed by atoms with Gasteiger partial charge >= 0.3 is 0 Å². The summed E-state index contributed by atoms with van der Waals surface area (Å²) in [6.07, 6.45) is 2.20. The number of thioether (sulfide) groups is 1. The number of hydrogen-bond donors (Lipinski definition) is 1. The molecule has 0 saturated carbocycles. The predicted molar refractivity (Wildman–Crippen MR) is 85.6 cm³/mol. The van der Waals surface area contributed by atoms with Crippen molar-refractivity contribution in [3.05, 3.63) is 29.8 Å². The van der Waals surface area contributed by atoms with Crippen molar-refractivity contribution in [1.29, 1.82) is 0 Å². The third-order valence-corrected chi connectivity index (χ3v) is 4.42. The molecule has 0 bridgehead atoms. The topological polar surface area (TPSA) is 49.4 Å². The molecule has 2 rings (SSSR count). The van der Waals surface area contributed by atoms with E-state index >= 15 is 0 Å². The largest absolute Gasteiger partial charge is 0.350 e. The molecule has 1 N–H and O–H groups in total. The molecule has 0 radical (unpaired) electrons. The molecule has 5 heteroatoms. The molecule has 0 unspecified atom stereocenters. The number of nitrogens with zero attached hydrogens (tertiary/aromatic N) is 1. The van der Waals surface area contributed by atoms with E-state index in [9.17, 15) is 9.59 Å². The number of likely N-dealkylation sites (tertiary alicyclic amines) is 1. The molecule has 4 nitrogen and oxygen atoms in total. The smallest absolute Gasteiger partial charge is 0.252 e. The second kappa shape index (κ2) is 7.50. The first-order chi connectivity index (χ1) is 10.1. The lowest BCUT2D eigenvalue weighted by atomic mass is 10.2. The molecule has 0 aromatic heterocycles. The van der Waals surface area contributed by atoms with Gasteiger partial charge in [0.2, 0.25) is 5.91 Å². The number of benzene rings is 1. The molecule has 0 aliphatic carbocycles. The van der Waals surface area contributed by atoms with Gasteiger partial charge in [-0.2, -0.15) is 0 Å². The van der Waals surface area contributed by atoms with E-state index in [2.05, 4.69) is 5.32 Å². The van der Waals surface area contributed by atoms with Crippen LogP contribution in [0.2, 0.25) is 0 Å². The van der Waals surface area contributed by atoms with E-state index in [1.54, 1.807) is 6.07 Å². The quantitative estimate of drug-likeness (QED) is 0.851. The van der Waals surface area contributed by atoms with E-state index in [1.165, 1.54) is 11.8 Å². The number of rotatable bonds is 5. The zero-order valence-corrected chi connectivity index (χ0v) is 13.4. The van der Waals surface area contributed by atoms with Crippen molar-refractivity contribution in [3.63, 3.8) is 0 Å². The summed E-state index contributed by atoms with van der Waals surface area (Å²) >= 11 is 1.45. The first-order valence-corrected chi connectivity index (χ1v) is 8.37. The molecule has 2 amide bonds. The van der Waals surface area contributed by atoms with Crippen molar-refractivity contribution in [1.82, 2.24) is 10.2 Å². The van der Waals surface area contributed by atoms with Gasteiger partial charge in [0.1, 0.15) is 0 Å². The fourth-order valence-electron chi connectivity index (χ4n) is 2.32. The maximum atomic E-state index is 12.2. The van der Waals surface area contributed by atoms with E-state index in [0.717, 1.165) is 30.8 Å². The minimum absolute atomic E-state index is 0.0817. The molecule has 0 spiro atoms. The zero-order valence-electron chi connectivity index (χ0n) is 12.6. The SMILES string of the molecule is CC(C)NC(=O)c1ccccc1SCC(=O)N1CCCC1. The number of nitrogens with one attached hydrogen (secondary N) is 1. The third kappa shape index (κ3) is 4.49. The van der Waals surface area contributed by atoms with Crippen LogP contribution in [0.25, 0.3) is 0 Å². The second-order valence-corrected chi connectivity index (χ2v) is 6.52. The Morgan fingerprint density at radius 1 is 1.24 bits per heavy atom. The Kier molecular flexibility index (Phi) is 5.67. The van der Waals surface area contributed by atoms with Gasteiger partial charge in [-0.05, 0) is 38.8 Å². The fraction of sp³-hybridized carbons (Fsp3) is 0.500. The Balaban J connectivity index is 1.99. The van der Waals surface area contributed by atoms with Gasteiger partial charge in [0.05, 0.1) is 11.3 Å². The van der Waals surface area contributed by atoms with E-state index in [0.29, 0.717) is 11.3 Å². The lowest BCUT2D eigenvalue weighted by molar-refractivity contribution is -0.127. The molecule has 1 heterocycles. The summed E-state index contributed by atoms with van der Waals surface area (Å²) in [5, 5.41) is 2.89. The average molecular weight is 306 g/mol. The Morgan fingerprint density at radius 2 is 1.90 bits per heavy atom.